The van der Waals surface area contributed by atoms with Crippen molar-refractivity contribution < 1.29 is 4.74 Å². The number of nitrogens with two attached hydrogens (primary N) is 1. The van der Waals surface area contributed by atoms with Crippen LogP contribution in [-0.2, 0) is 6.42 Å². The first-order valence-electron chi connectivity index (χ1n) is 6.69. The Balaban J connectivity index is 2.16. The average molecular weight is 243 g/mol. The van der Waals surface area contributed by atoms with Gasteiger partial charge < -0.3 is 10.5 Å². The zero-order valence-corrected chi connectivity index (χ0v) is 11.0. The summed E-state index contributed by atoms with van der Waals surface area (Å²) in [4.78, 5) is 0. The number of hydrogen-bond acceptors (Lipinski definition) is 2. The molecule has 0 amide bonds. The summed E-state index contributed by atoms with van der Waals surface area (Å²) in [6, 6.07) is 12.8. The zero-order valence-electron chi connectivity index (χ0n) is 11.0. The first-order valence-corrected chi connectivity index (χ1v) is 6.69. The molecule has 0 unspecified atom stereocenters. The van der Waals surface area contributed by atoms with E-state index in [9.17, 15) is 0 Å². The van der Waals surface area contributed by atoms with Crippen LogP contribution < -0.4 is 10.5 Å². The molecule has 0 atom stereocenters. The SMILES string of the molecule is CCCCOc1ccc2cc(CCN)ccc2c1. The number of benzene rings is 2. The van der Waals surface area contributed by atoms with E-state index in [4.69, 9.17) is 10.5 Å². The first-order chi connectivity index (χ1) is 8.83. The van der Waals surface area contributed by atoms with Crippen LogP contribution in [0.4, 0.5) is 0 Å². The summed E-state index contributed by atoms with van der Waals surface area (Å²) in [5, 5.41) is 2.48. The summed E-state index contributed by atoms with van der Waals surface area (Å²) in [6.45, 7) is 3.67. The van der Waals surface area contributed by atoms with Gasteiger partial charge in [0.1, 0.15) is 5.75 Å². The minimum atomic E-state index is 0.698. The summed E-state index contributed by atoms with van der Waals surface area (Å²) < 4.78 is 5.71. The van der Waals surface area contributed by atoms with Crippen LogP contribution in [-0.4, -0.2) is 13.2 Å². The first kappa shape index (κ1) is 12.9. The van der Waals surface area contributed by atoms with Crippen molar-refractivity contribution in [2.75, 3.05) is 13.2 Å². The van der Waals surface area contributed by atoms with E-state index in [2.05, 4.69) is 37.3 Å². The van der Waals surface area contributed by atoms with Gasteiger partial charge in [-0.15, -0.1) is 0 Å². The van der Waals surface area contributed by atoms with Crippen molar-refractivity contribution in [2.45, 2.75) is 26.2 Å². The maximum atomic E-state index is 5.71. The van der Waals surface area contributed by atoms with Gasteiger partial charge in [-0.3, -0.25) is 0 Å². The molecule has 0 radical (unpaired) electrons. The molecule has 0 spiro atoms. The lowest BCUT2D eigenvalue weighted by molar-refractivity contribution is 0.310. The fourth-order valence-electron chi connectivity index (χ4n) is 2.02. The molecule has 0 aromatic heterocycles. The highest BCUT2D eigenvalue weighted by molar-refractivity contribution is 5.84. The fourth-order valence-corrected chi connectivity index (χ4v) is 2.02. The molecule has 2 aromatic rings. The van der Waals surface area contributed by atoms with Crippen molar-refractivity contribution in [1.82, 2.24) is 0 Å². The van der Waals surface area contributed by atoms with E-state index in [0.29, 0.717) is 6.54 Å². The third-order valence-corrected chi connectivity index (χ3v) is 3.08. The standard InChI is InChI=1S/C16H21NO/c1-2-3-10-18-16-7-6-14-11-13(8-9-17)4-5-15(14)12-16/h4-7,11-12H,2-3,8-10,17H2,1H3. The average Bonchev–Trinajstić information content (AvgIpc) is 2.39. The Labute approximate surface area is 109 Å². The number of hydrogen-bond donors (Lipinski definition) is 1. The van der Waals surface area contributed by atoms with Gasteiger partial charge in [0.05, 0.1) is 6.61 Å². The van der Waals surface area contributed by atoms with Gasteiger partial charge in [-0.1, -0.05) is 37.6 Å². The smallest absolute Gasteiger partial charge is 0.119 e. The van der Waals surface area contributed by atoms with Crippen LogP contribution in [0.25, 0.3) is 10.8 Å². The van der Waals surface area contributed by atoms with Gasteiger partial charge in [-0.25, -0.2) is 0 Å². The molecule has 2 rings (SSSR count). The maximum Gasteiger partial charge on any atom is 0.119 e. The quantitative estimate of drug-likeness (QED) is 0.788. The Hall–Kier alpha value is -1.54. The van der Waals surface area contributed by atoms with E-state index < -0.39 is 0 Å². The summed E-state index contributed by atoms with van der Waals surface area (Å²) >= 11 is 0. The van der Waals surface area contributed by atoms with E-state index in [0.717, 1.165) is 31.6 Å². The molecule has 0 aliphatic rings. The van der Waals surface area contributed by atoms with Gasteiger partial charge in [0.2, 0.25) is 0 Å². The predicted octanol–water partition coefficient (Wildman–Crippen LogP) is 3.52. The van der Waals surface area contributed by atoms with Gasteiger partial charge in [-0.2, -0.15) is 0 Å². The van der Waals surface area contributed by atoms with E-state index >= 15 is 0 Å². The molecule has 2 aromatic carbocycles. The van der Waals surface area contributed by atoms with Crippen LogP contribution in [0, 0.1) is 0 Å². The summed E-state index contributed by atoms with van der Waals surface area (Å²) in [7, 11) is 0. The van der Waals surface area contributed by atoms with E-state index in [-0.39, 0.29) is 0 Å². The Kier molecular flexibility index (Phi) is 4.59. The molecule has 2 heteroatoms. The van der Waals surface area contributed by atoms with Crippen molar-refractivity contribution in [3.63, 3.8) is 0 Å². The molecular formula is C16H21NO. The van der Waals surface area contributed by atoms with E-state index in [1.165, 1.54) is 16.3 Å². The van der Waals surface area contributed by atoms with Gasteiger partial charge in [0, 0.05) is 0 Å². The van der Waals surface area contributed by atoms with Crippen molar-refractivity contribution in [1.29, 1.82) is 0 Å². The molecule has 0 aliphatic heterocycles. The lowest BCUT2D eigenvalue weighted by atomic mass is 10.0. The molecule has 0 fully saturated rings. The Bertz CT molecular complexity index is 507. The number of rotatable bonds is 6. The molecule has 2 N–H and O–H groups in total. The Morgan fingerprint density at radius 3 is 2.61 bits per heavy atom. The van der Waals surface area contributed by atoms with Crippen LogP contribution in [0.2, 0.25) is 0 Å². The summed E-state index contributed by atoms with van der Waals surface area (Å²) in [5.74, 6) is 0.961. The number of fused-ring (bicyclic) bond motifs is 1. The molecular weight excluding hydrogens is 222 g/mol. The molecule has 0 bridgehead atoms. The molecule has 18 heavy (non-hydrogen) atoms. The minimum Gasteiger partial charge on any atom is -0.494 e. The second-order valence-corrected chi connectivity index (χ2v) is 4.58. The monoisotopic (exact) mass is 243 g/mol. The van der Waals surface area contributed by atoms with Gasteiger partial charge in [0.15, 0.2) is 0 Å². The molecule has 0 aliphatic carbocycles. The highest BCUT2D eigenvalue weighted by Gasteiger charge is 1.99. The van der Waals surface area contributed by atoms with Gasteiger partial charge in [-0.05, 0) is 47.9 Å². The summed E-state index contributed by atoms with van der Waals surface area (Å²) in [5.41, 5.74) is 6.87. The van der Waals surface area contributed by atoms with Crippen molar-refractivity contribution >= 4 is 10.8 Å². The Morgan fingerprint density at radius 2 is 1.83 bits per heavy atom. The fraction of sp³-hybridized carbons (Fsp3) is 0.375. The normalized spacial score (nSPS) is 10.8. The maximum absolute atomic E-state index is 5.71. The van der Waals surface area contributed by atoms with Crippen molar-refractivity contribution in [2.24, 2.45) is 5.73 Å². The van der Waals surface area contributed by atoms with Crippen LogP contribution in [0.15, 0.2) is 36.4 Å². The zero-order chi connectivity index (χ0) is 12.8. The van der Waals surface area contributed by atoms with Gasteiger partial charge in [0.25, 0.3) is 0 Å². The Morgan fingerprint density at radius 1 is 1.06 bits per heavy atom. The van der Waals surface area contributed by atoms with Crippen molar-refractivity contribution in [3.8, 4) is 5.75 Å². The van der Waals surface area contributed by atoms with Crippen LogP contribution in [0.3, 0.4) is 0 Å². The number of ether oxygens (including phenoxy) is 1. The molecule has 0 heterocycles. The lowest BCUT2D eigenvalue weighted by Crippen LogP contribution is -2.02. The topological polar surface area (TPSA) is 35.2 Å². The van der Waals surface area contributed by atoms with E-state index in [1.54, 1.807) is 0 Å². The third kappa shape index (κ3) is 3.23. The third-order valence-electron chi connectivity index (χ3n) is 3.08. The highest BCUT2D eigenvalue weighted by atomic mass is 16.5. The predicted molar refractivity (Wildman–Crippen MR) is 77.1 cm³/mol. The van der Waals surface area contributed by atoms with Crippen LogP contribution in [0.5, 0.6) is 5.75 Å². The second kappa shape index (κ2) is 6.41. The van der Waals surface area contributed by atoms with E-state index in [1.807, 2.05) is 6.07 Å². The largest absolute Gasteiger partial charge is 0.494 e. The number of unbranched alkanes of at least 4 members (excludes halogenated alkanes) is 1. The lowest BCUT2D eigenvalue weighted by Gasteiger charge is -2.07. The molecule has 0 saturated carbocycles. The molecule has 96 valence electrons. The second-order valence-electron chi connectivity index (χ2n) is 4.58. The highest BCUT2D eigenvalue weighted by Crippen LogP contribution is 2.22. The minimum absolute atomic E-state index is 0.698. The van der Waals surface area contributed by atoms with Gasteiger partial charge >= 0.3 is 0 Å². The van der Waals surface area contributed by atoms with Crippen LogP contribution in [0.1, 0.15) is 25.3 Å². The molecule has 2 nitrogen and oxygen atoms in total. The van der Waals surface area contributed by atoms with Crippen LogP contribution >= 0.6 is 0 Å². The van der Waals surface area contributed by atoms with Crippen molar-refractivity contribution in [3.05, 3.63) is 42.0 Å². The summed E-state index contributed by atoms with van der Waals surface area (Å²) in [6.07, 6.45) is 3.20. The molecule has 0 saturated heterocycles.